The quantitative estimate of drug-likeness (QED) is 0.722. The maximum Gasteiger partial charge on any atom is 0.283 e. The highest BCUT2D eigenvalue weighted by atomic mass is 32.2. The van der Waals surface area contributed by atoms with Crippen LogP contribution in [0, 0.1) is 0 Å². The molecule has 4 rings (SSSR count). The second-order valence-corrected chi connectivity index (χ2v) is 7.63. The molecule has 0 bridgehead atoms. The van der Waals surface area contributed by atoms with Crippen molar-refractivity contribution in [2.45, 2.75) is 11.3 Å². The van der Waals surface area contributed by atoms with Crippen LogP contribution in [0.5, 0.6) is 0 Å². The van der Waals surface area contributed by atoms with Crippen LogP contribution < -0.4 is 4.90 Å². The van der Waals surface area contributed by atoms with Crippen molar-refractivity contribution >= 4 is 33.2 Å². The van der Waals surface area contributed by atoms with Gasteiger partial charge in [0.15, 0.2) is 0 Å². The van der Waals surface area contributed by atoms with Crippen LogP contribution in [0.15, 0.2) is 59.3 Å². The molecule has 7 nitrogen and oxygen atoms in total. The Bertz CT molecular complexity index is 1040. The Kier molecular flexibility index (Phi) is 3.26. The van der Waals surface area contributed by atoms with E-state index in [0.29, 0.717) is 11.1 Å². The van der Waals surface area contributed by atoms with E-state index in [-0.39, 0.29) is 22.8 Å². The second kappa shape index (κ2) is 5.25. The minimum Gasteiger partial charge on any atom is -0.274 e. The molecule has 2 aliphatic heterocycles. The SMILES string of the molecule is CN1C2=C(CC(=O)N(c3ccccn3)C2=O)c2ccccc2S1(=O)=O. The van der Waals surface area contributed by atoms with Gasteiger partial charge in [-0.05, 0) is 18.2 Å². The molecule has 126 valence electrons. The highest BCUT2D eigenvalue weighted by Gasteiger charge is 2.44. The molecule has 8 heteroatoms. The Morgan fingerprint density at radius 3 is 2.48 bits per heavy atom. The Morgan fingerprint density at radius 2 is 1.76 bits per heavy atom. The lowest BCUT2D eigenvalue weighted by molar-refractivity contribution is -0.125. The number of anilines is 1. The summed E-state index contributed by atoms with van der Waals surface area (Å²) in [7, 11) is -2.53. The van der Waals surface area contributed by atoms with Crippen LogP contribution in [0.25, 0.3) is 5.57 Å². The van der Waals surface area contributed by atoms with Gasteiger partial charge in [0.25, 0.3) is 15.9 Å². The van der Waals surface area contributed by atoms with Gasteiger partial charge in [0.1, 0.15) is 11.5 Å². The Morgan fingerprint density at radius 1 is 1.04 bits per heavy atom. The number of rotatable bonds is 1. The average Bonchev–Trinajstić information content (AvgIpc) is 2.61. The van der Waals surface area contributed by atoms with E-state index in [2.05, 4.69) is 4.98 Å². The first-order valence-electron chi connectivity index (χ1n) is 7.52. The molecule has 2 aromatic rings. The van der Waals surface area contributed by atoms with Crippen molar-refractivity contribution in [3.63, 3.8) is 0 Å². The zero-order valence-corrected chi connectivity index (χ0v) is 14.0. The van der Waals surface area contributed by atoms with Gasteiger partial charge in [0.05, 0.1) is 11.3 Å². The average molecular weight is 355 g/mol. The zero-order valence-electron chi connectivity index (χ0n) is 13.2. The minimum absolute atomic E-state index is 0.0102. The maximum absolute atomic E-state index is 13.0. The van der Waals surface area contributed by atoms with E-state index in [4.69, 9.17) is 0 Å². The third kappa shape index (κ3) is 2.11. The van der Waals surface area contributed by atoms with Gasteiger partial charge in [0, 0.05) is 24.4 Å². The molecule has 0 unspecified atom stereocenters. The van der Waals surface area contributed by atoms with E-state index >= 15 is 0 Å². The molecule has 0 fully saturated rings. The number of hydrogen-bond acceptors (Lipinski definition) is 5. The summed E-state index contributed by atoms with van der Waals surface area (Å²) in [5.74, 6) is -0.954. The predicted molar refractivity (Wildman–Crippen MR) is 89.7 cm³/mol. The summed E-state index contributed by atoms with van der Waals surface area (Å²) in [6, 6.07) is 11.3. The number of imide groups is 1. The summed E-state index contributed by atoms with van der Waals surface area (Å²) < 4.78 is 26.5. The van der Waals surface area contributed by atoms with Gasteiger partial charge in [0.2, 0.25) is 5.91 Å². The molecule has 0 aliphatic carbocycles. The Hall–Kier alpha value is -3.00. The number of fused-ring (bicyclic) bond motifs is 2. The molecule has 2 aliphatic rings. The fourth-order valence-electron chi connectivity index (χ4n) is 3.14. The molecule has 3 heterocycles. The van der Waals surface area contributed by atoms with E-state index in [1.807, 2.05) is 0 Å². The highest BCUT2D eigenvalue weighted by molar-refractivity contribution is 7.89. The van der Waals surface area contributed by atoms with Crippen molar-refractivity contribution in [2.24, 2.45) is 0 Å². The van der Waals surface area contributed by atoms with Crippen LogP contribution in [-0.4, -0.2) is 36.6 Å². The van der Waals surface area contributed by atoms with Crippen molar-refractivity contribution in [3.8, 4) is 0 Å². The minimum atomic E-state index is -3.85. The van der Waals surface area contributed by atoms with E-state index < -0.39 is 21.8 Å². The molecule has 0 saturated carbocycles. The van der Waals surface area contributed by atoms with Crippen molar-refractivity contribution in [1.29, 1.82) is 0 Å². The summed E-state index contributed by atoms with van der Waals surface area (Å²) in [4.78, 5) is 30.7. The molecular weight excluding hydrogens is 342 g/mol. The molecular formula is C17H13N3O4S. The lowest BCUT2D eigenvalue weighted by atomic mass is 9.95. The van der Waals surface area contributed by atoms with E-state index in [1.165, 1.54) is 25.4 Å². The lowest BCUT2D eigenvalue weighted by Gasteiger charge is -2.36. The first kappa shape index (κ1) is 15.5. The largest absolute Gasteiger partial charge is 0.283 e. The van der Waals surface area contributed by atoms with Gasteiger partial charge in [-0.25, -0.2) is 18.3 Å². The van der Waals surface area contributed by atoms with Crippen LogP contribution in [-0.2, 0) is 19.6 Å². The molecule has 1 aromatic heterocycles. The molecule has 0 saturated heterocycles. The number of pyridine rings is 1. The van der Waals surface area contributed by atoms with Crippen LogP contribution in [0.3, 0.4) is 0 Å². The summed E-state index contributed by atoms with van der Waals surface area (Å²) in [5, 5.41) is 0. The fraction of sp³-hybridized carbons (Fsp3) is 0.118. The van der Waals surface area contributed by atoms with Crippen LogP contribution in [0.2, 0.25) is 0 Å². The molecule has 25 heavy (non-hydrogen) atoms. The molecule has 0 radical (unpaired) electrons. The monoisotopic (exact) mass is 355 g/mol. The standard InChI is InChI=1S/C17H13N3O4S/c1-19-16-12(11-6-2-3-7-13(11)25(19,23)24)10-15(21)20(17(16)22)14-8-4-5-9-18-14/h2-9H,10H2,1H3. The van der Waals surface area contributed by atoms with Crippen LogP contribution in [0.1, 0.15) is 12.0 Å². The fourth-order valence-corrected chi connectivity index (χ4v) is 4.58. The van der Waals surface area contributed by atoms with E-state index in [1.54, 1.807) is 30.3 Å². The zero-order chi connectivity index (χ0) is 17.8. The first-order chi connectivity index (χ1) is 11.9. The summed E-state index contributed by atoms with van der Waals surface area (Å²) >= 11 is 0. The normalized spacial score (nSPS) is 18.9. The number of amides is 2. The van der Waals surface area contributed by atoms with Crippen LogP contribution in [0.4, 0.5) is 5.82 Å². The van der Waals surface area contributed by atoms with E-state index in [9.17, 15) is 18.0 Å². The Balaban J connectivity index is 1.95. The van der Waals surface area contributed by atoms with Gasteiger partial charge < -0.3 is 0 Å². The number of aromatic nitrogens is 1. The first-order valence-corrected chi connectivity index (χ1v) is 8.96. The summed E-state index contributed by atoms with van der Waals surface area (Å²) in [6.07, 6.45) is 1.39. The Labute approximate surface area is 144 Å². The van der Waals surface area contributed by atoms with Gasteiger partial charge in [-0.15, -0.1) is 0 Å². The van der Waals surface area contributed by atoms with Crippen LogP contribution >= 0.6 is 0 Å². The van der Waals surface area contributed by atoms with Gasteiger partial charge in [-0.1, -0.05) is 24.3 Å². The number of carbonyl (C=O) groups is 2. The van der Waals surface area contributed by atoms with Crippen molar-refractivity contribution in [2.75, 3.05) is 11.9 Å². The molecule has 0 spiro atoms. The number of carbonyl (C=O) groups excluding carboxylic acids is 2. The highest BCUT2D eigenvalue weighted by Crippen LogP contribution is 2.41. The third-order valence-corrected chi connectivity index (χ3v) is 6.13. The van der Waals surface area contributed by atoms with E-state index in [0.717, 1.165) is 9.21 Å². The van der Waals surface area contributed by atoms with Crippen molar-refractivity contribution < 1.29 is 18.0 Å². The predicted octanol–water partition coefficient (Wildman–Crippen LogP) is 1.39. The molecule has 0 N–H and O–H groups in total. The molecule has 1 aromatic carbocycles. The van der Waals surface area contributed by atoms with Gasteiger partial charge in [-0.2, -0.15) is 0 Å². The van der Waals surface area contributed by atoms with Gasteiger partial charge in [-0.3, -0.25) is 13.9 Å². The number of benzene rings is 1. The van der Waals surface area contributed by atoms with Gasteiger partial charge >= 0.3 is 0 Å². The molecule has 2 amide bonds. The summed E-state index contributed by atoms with van der Waals surface area (Å²) in [5.41, 5.74) is 0.817. The molecule has 0 atom stereocenters. The van der Waals surface area contributed by atoms with Crippen molar-refractivity contribution in [1.82, 2.24) is 9.29 Å². The lowest BCUT2D eigenvalue weighted by Crippen LogP contribution is -2.48. The maximum atomic E-state index is 13.0. The number of nitrogens with zero attached hydrogens (tertiary/aromatic N) is 3. The third-order valence-electron chi connectivity index (χ3n) is 4.31. The second-order valence-electron chi connectivity index (χ2n) is 5.69. The summed E-state index contributed by atoms with van der Waals surface area (Å²) in [6.45, 7) is 0. The topological polar surface area (TPSA) is 87.7 Å². The number of sulfonamides is 1. The number of likely N-dealkylation sites (N-methyl/N-ethyl adjacent to an activating group) is 1. The number of hydrogen-bond donors (Lipinski definition) is 0. The smallest absolute Gasteiger partial charge is 0.274 e. The van der Waals surface area contributed by atoms with Crippen molar-refractivity contribution in [3.05, 3.63) is 59.9 Å².